The van der Waals surface area contributed by atoms with Crippen LogP contribution in [0.15, 0.2) is 18.2 Å². The molecule has 2 rings (SSSR count). The molecule has 104 valence electrons. The number of likely N-dealkylation sites (tertiary alicyclic amines) is 1. The van der Waals surface area contributed by atoms with Gasteiger partial charge in [0.05, 0.1) is 0 Å². The van der Waals surface area contributed by atoms with Gasteiger partial charge in [0.15, 0.2) is 0 Å². The van der Waals surface area contributed by atoms with Gasteiger partial charge in [-0.05, 0) is 56.7 Å². The third-order valence-electron chi connectivity index (χ3n) is 4.17. The molecule has 1 fully saturated rings. The summed E-state index contributed by atoms with van der Waals surface area (Å²) >= 11 is 5.87. The maximum absolute atomic E-state index is 12.7. The Labute approximate surface area is 120 Å². The summed E-state index contributed by atoms with van der Waals surface area (Å²) in [4.78, 5) is 14.8. The molecule has 2 nitrogen and oxygen atoms in total. The number of hydrogen-bond donors (Lipinski definition) is 0. The van der Waals surface area contributed by atoms with Crippen LogP contribution in [0, 0.1) is 13.8 Å². The molecule has 0 saturated carbocycles. The number of nitrogens with zero attached hydrogens (tertiary/aromatic N) is 1. The van der Waals surface area contributed by atoms with Crippen molar-refractivity contribution in [3.05, 3.63) is 34.9 Å². The van der Waals surface area contributed by atoms with Gasteiger partial charge < -0.3 is 4.90 Å². The summed E-state index contributed by atoms with van der Waals surface area (Å²) in [6.07, 6.45) is 4.30. The normalized spacial score (nSPS) is 19.5. The van der Waals surface area contributed by atoms with E-state index in [1.807, 2.05) is 24.0 Å². The van der Waals surface area contributed by atoms with Gasteiger partial charge in [0, 0.05) is 24.0 Å². The van der Waals surface area contributed by atoms with Crippen molar-refractivity contribution in [2.24, 2.45) is 0 Å². The highest BCUT2D eigenvalue weighted by atomic mass is 35.5. The zero-order chi connectivity index (χ0) is 13.8. The topological polar surface area (TPSA) is 20.3 Å². The number of rotatable bonds is 3. The number of halogens is 1. The molecule has 19 heavy (non-hydrogen) atoms. The molecule has 1 saturated heterocycles. The third-order valence-corrected chi connectivity index (χ3v) is 4.38. The summed E-state index contributed by atoms with van der Waals surface area (Å²) in [5, 5.41) is 0. The second kappa shape index (κ2) is 6.42. The van der Waals surface area contributed by atoms with E-state index in [2.05, 4.69) is 13.0 Å². The minimum atomic E-state index is 0.177. The lowest BCUT2D eigenvalue weighted by Crippen LogP contribution is -2.44. The number of aryl methyl sites for hydroxylation is 1. The molecule has 1 atom stereocenters. The Kier molecular flexibility index (Phi) is 4.87. The summed E-state index contributed by atoms with van der Waals surface area (Å²) in [7, 11) is 0. The highest BCUT2D eigenvalue weighted by Gasteiger charge is 2.27. The number of benzene rings is 1. The third kappa shape index (κ3) is 3.11. The Hall–Kier alpha value is -1.02. The first-order chi connectivity index (χ1) is 9.15. The van der Waals surface area contributed by atoms with Crippen molar-refractivity contribution in [1.29, 1.82) is 0 Å². The van der Waals surface area contributed by atoms with Crippen LogP contribution in [0.25, 0.3) is 0 Å². The average Bonchev–Trinajstić information content (AvgIpc) is 2.42. The van der Waals surface area contributed by atoms with E-state index in [1.165, 1.54) is 12.0 Å². The molecule has 0 aromatic heterocycles. The zero-order valence-corrected chi connectivity index (χ0v) is 12.5. The van der Waals surface area contributed by atoms with Crippen molar-refractivity contribution < 1.29 is 4.79 Å². The molecular formula is C16H22ClNO. The minimum absolute atomic E-state index is 0.177. The number of piperidine rings is 1. The second-order valence-electron chi connectivity index (χ2n) is 5.37. The van der Waals surface area contributed by atoms with Crippen LogP contribution in [0.5, 0.6) is 0 Å². The fourth-order valence-electron chi connectivity index (χ4n) is 2.83. The molecule has 0 radical (unpaired) electrons. The second-order valence-corrected chi connectivity index (χ2v) is 5.75. The molecule has 0 bridgehead atoms. The van der Waals surface area contributed by atoms with Gasteiger partial charge in [-0.25, -0.2) is 0 Å². The van der Waals surface area contributed by atoms with Crippen LogP contribution in [0.2, 0.25) is 0 Å². The van der Waals surface area contributed by atoms with Crippen molar-refractivity contribution in [2.45, 2.75) is 45.6 Å². The fraction of sp³-hybridized carbons (Fsp3) is 0.562. The monoisotopic (exact) mass is 279 g/mol. The predicted octanol–water partition coefficient (Wildman–Crippen LogP) is 3.93. The number of carbonyl (C=O) groups excluding carboxylic acids is 1. The Morgan fingerprint density at radius 2 is 2.16 bits per heavy atom. The van der Waals surface area contributed by atoms with Gasteiger partial charge in [-0.15, -0.1) is 11.6 Å². The van der Waals surface area contributed by atoms with E-state index in [1.54, 1.807) is 0 Å². The van der Waals surface area contributed by atoms with E-state index in [4.69, 9.17) is 11.6 Å². The minimum Gasteiger partial charge on any atom is -0.336 e. The number of carbonyl (C=O) groups is 1. The largest absolute Gasteiger partial charge is 0.336 e. The smallest absolute Gasteiger partial charge is 0.254 e. The van der Waals surface area contributed by atoms with Gasteiger partial charge in [-0.3, -0.25) is 4.79 Å². The lowest BCUT2D eigenvalue weighted by atomic mass is 9.96. The molecule has 1 unspecified atom stereocenters. The van der Waals surface area contributed by atoms with Gasteiger partial charge in [0.2, 0.25) is 0 Å². The van der Waals surface area contributed by atoms with Crippen LogP contribution in [-0.2, 0) is 0 Å². The summed E-state index contributed by atoms with van der Waals surface area (Å²) in [5.41, 5.74) is 3.13. The lowest BCUT2D eigenvalue weighted by Gasteiger charge is -2.36. The highest BCUT2D eigenvalue weighted by molar-refractivity contribution is 6.17. The van der Waals surface area contributed by atoms with Crippen molar-refractivity contribution in [2.75, 3.05) is 12.4 Å². The number of alkyl halides is 1. The first-order valence-corrected chi connectivity index (χ1v) is 7.61. The van der Waals surface area contributed by atoms with E-state index in [9.17, 15) is 4.79 Å². The molecule has 1 aromatic carbocycles. The summed E-state index contributed by atoms with van der Waals surface area (Å²) in [6, 6.07) is 6.28. The Balaban J connectivity index is 2.23. The number of amides is 1. The van der Waals surface area contributed by atoms with Crippen LogP contribution in [0.1, 0.15) is 47.2 Å². The molecular weight excluding hydrogens is 258 g/mol. The van der Waals surface area contributed by atoms with E-state index < -0.39 is 0 Å². The lowest BCUT2D eigenvalue weighted by molar-refractivity contribution is 0.0608. The molecule has 3 heteroatoms. The van der Waals surface area contributed by atoms with E-state index in [0.29, 0.717) is 11.9 Å². The first kappa shape index (κ1) is 14.4. The Morgan fingerprint density at radius 1 is 1.37 bits per heavy atom. The van der Waals surface area contributed by atoms with Crippen LogP contribution in [0.3, 0.4) is 0 Å². The highest BCUT2D eigenvalue weighted by Crippen LogP contribution is 2.24. The van der Waals surface area contributed by atoms with Crippen molar-refractivity contribution in [3.63, 3.8) is 0 Å². The van der Waals surface area contributed by atoms with Crippen molar-refractivity contribution in [1.82, 2.24) is 4.90 Å². The van der Waals surface area contributed by atoms with E-state index in [0.717, 1.165) is 36.9 Å². The Bertz CT molecular complexity index is 456. The zero-order valence-electron chi connectivity index (χ0n) is 11.8. The van der Waals surface area contributed by atoms with Crippen LogP contribution in [0.4, 0.5) is 0 Å². The molecule has 1 aliphatic heterocycles. The van der Waals surface area contributed by atoms with Gasteiger partial charge in [-0.2, -0.15) is 0 Å². The average molecular weight is 280 g/mol. The SMILES string of the molecule is Cc1cccc(C(=O)N2CCCCC2CCCl)c1C. The molecule has 1 amide bonds. The summed E-state index contributed by atoms with van der Waals surface area (Å²) in [6.45, 7) is 4.95. The van der Waals surface area contributed by atoms with Crippen molar-refractivity contribution in [3.8, 4) is 0 Å². The van der Waals surface area contributed by atoms with E-state index >= 15 is 0 Å². The number of hydrogen-bond acceptors (Lipinski definition) is 1. The maximum Gasteiger partial charge on any atom is 0.254 e. The molecule has 1 heterocycles. The Morgan fingerprint density at radius 3 is 2.89 bits per heavy atom. The van der Waals surface area contributed by atoms with Gasteiger partial charge in [0.1, 0.15) is 0 Å². The summed E-state index contributed by atoms with van der Waals surface area (Å²) in [5.74, 6) is 0.803. The van der Waals surface area contributed by atoms with Gasteiger partial charge in [0.25, 0.3) is 5.91 Å². The fourth-order valence-corrected chi connectivity index (χ4v) is 3.08. The quantitative estimate of drug-likeness (QED) is 0.768. The summed E-state index contributed by atoms with van der Waals surface area (Å²) < 4.78 is 0. The molecule has 0 aliphatic carbocycles. The molecule has 1 aliphatic rings. The van der Waals surface area contributed by atoms with Gasteiger partial charge in [-0.1, -0.05) is 12.1 Å². The van der Waals surface area contributed by atoms with Gasteiger partial charge >= 0.3 is 0 Å². The van der Waals surface area contributed by atoms with E-state index in [-0.39, 0.29) is 5.91 Å². The molecule has 1 aromatic rings. The van der Waals surface area contributed by atoms with Crippen LogP contribution in [-0.4, -0.2) is 29.3 Å². The first-order valence-electron chi connectivity index (χ1n) is 7.08. The van der Waals surface area contributed by atoms with Crippen LogP contribution >= 0.6 is 11.6 Å². The van der Waals surface area contributed by atoms with Crippen LogP contribution < -0.4 is 0 Å². The van der Waals surface area contributed by atoms with Crippen molar-refractivity contribution >= 4 is 17.5 Å². The predicted molar refractivity (Wildman–Crippen MR) is 79.9 cm³/mol. The standard InChI is InChI=1S/C16H22ClNO/c1-12-6-5-8-15(13(12)2)16(19)18-11-4-3-7-14(18)9-10-17/h5-6,8,14H,3-4,7,9-11H2,1-2H3. The molecule has 0 N–H and O–H groups in total. The maximum atomic E-state index is 12.7. The molecule has 0 spiro atoms.